The lowest BCUT2D eigenvalue weighted by atomic mass is 10.1. The summed E-state index contributed by atoms with van der Waals surface area (Å²) in [4.78, 5) is 10.9. The Morgan fingerprint density at radius 2 is 2.08 bits per heavy atom. The van der Waals surface area contributed by atoms with Crippen molar-refractivity contribution in [1.82, 2.24) is 14.8 Å². The molecule has 0 radical (unpaired) electrons. The van der Waals surface area contributed by atoms with Crippen molar-refractivity contribution in [3.8, 4) is 17.6 Å². The van der Waals surface area contributed by atoms with Crippen LogP contribution in [-0.2, 0) is 13.0 Å². The van der Waals surface area contributed by atoms with Gasteiger partial charge >= 0.3 is 0 Å². The van der Waals surface area contributed by atoms with Crippen molar-refractivity contribution in [3.63, 3.8) is 0 Å². The van der Waals surface area contributed by atoms with Gasteiger partial charge < -0.3 is 14.0 Å². The van der Waals surface area contributed by atoms with E-state index in [-0.39, 0.29) is 23.6 Å². The Balaban J connectivity index is 1.81. The van der Waals surface area contributed by atoms with Gasteiger partial charge in [-0.3, -0.25) is 10.1 Å². The van der Waals surface area contributed by atoms with Crippen molar-refractivity contribution < 1.29 is 14.4 Å². The van der Waals surface area contributed by atoms with Gasteiger partial charge in [-0.05, 0) is 25.0 Å². The minimum absolute atomic E-state index is 0.0163. The first kappa shape index (κ1) is 16.1. The molecule has 26 heavy (non-hydrogen) atoms. The standard InChI is InChI=1S/C17H15N5O4/c18-9-12(17-20-19-16-4-2-1-3-5-21(16)17)6-11-7-14-15(26-10-25-14)8-13(11)22(23)24/h6-8H,1-5,10H2/b12-6+. The number of nitro groups is 1. The second-order valence-corrected chi connectivity index (χ2v) is 6.09. The predicted octanol–water partition coefficient (Wildman–Crippen LogP) is 2.71. The molecule has 0 bridgehead atoms. The van der Waals surface area contributed by atoms with Gasteiger partial charge in [0.25, 0.3) is 5.69 Å². The first-order valence-corrected chi connectivity index (χ1v) is 8.29. The lowest BCUT2D eigenvalue weighted by Crippen LogP contribution is -2.05. The van der Waals surface area contributed by atoms with Crippen molar-refractivity contribution in [1.29, 1.82) is 5.26 Å². The normalized spacial score (nSPS) is 15.9. The first-order valence-electron chi connectivity index (χ1n) is 8.29. The summed E-state index contributed by atoms with van der Waals surface area (Å²) in [5.74, 6) is 2.03. The molecule has 0 amide bonds. The van der Waals surface area contributed by atoms with Gasteiger partial charge in [-0.25, -0.2) is 0 Å². The molecular weight excluding hydrogens is 338 g/mol. The van der Waals surface area contributed by atoms with E-state index < -0.39 is 4.92 Å². The molecule has 3 heterocycles. The van der Waals surface area contributed by atoms with Gasteiger partial charge in [0.2, 0.25) is 6.79 Å². The van der Waals surface area contributed by atoms with E-state index in [0.29, 0.717) is 17.3 Å². The van der Waals surface area contributed by atoms with Gasteiger partial charge in [0.05, 0.1) is 22.1 Å². The molecule has 2 aromatic rings. The maximum absolute atomic E-state index is 11.4. The van der Waals surface area contributed by atoms with E-state index in [2.05, 4.69) is 16.3 Å². The maximum Gasteiger partial charge on any atom is 0.280 e. The van der Waals surface area contributed by atoms with Crippen molar-refractivity contribution >= 4 is 17.3 Å². The van der Waals surface area contributed by atoms with Crippen LogP contribution in [0.2, 0.25) is 0 Å². The van der Waals surface area contributed by atoms with E-state index >= 15 is 0 Å². The van der Waals surface area contributed by atoms with Crippen LogP contribution < -0.4 is 9.47 Å². The molecule has 1 aromatic carbocycles. The number of hydrogen-bond donors (Lipinski definition) is 0. The SMILES string of the molecule is N#C/C(=C\c1cc2c(cc1[N+](=O)[O-])OCO2)c1nnc2n1CCCCC2. The van der Waals surface area contributed by atoms with Gasteiger partial charge in [-0.15, -0.1) is 10.2 Å². The Labute approximate surface area is 148 Å². The highest BCUT2D eigenvalue weighted by Crippen LogP contribution is 2.39. The number of aromatic nitrogens is 3. The third kappa shape index (κ3) is 2.75. The van der Waals surface area contributed by atoms with E-state index in [4.69, 9.17) is 9.47 Å². The third-order valence-corrected chi connectivity index (χ3v) is 4.49. The predicted molar refractivity (Wildman–Crippen MR) is 90.3 cm³/mol. The van der Waals surface area contributed by atoms with Crippen molar-refractivity contribution in [2.24, 2.45) is 0 Å². The molecule has 0 aliphatic carbocycles. The van der Waals surface area contributed by atoms with Crippen molar-refractivity contribution in [2.45, 2.75) is 32.2 Å². The molecule has 9 heteroatoms. The number of aryl methyl sites for hydroxylation is 1. The minimum Gasteiger partial charge on any atom is -0.454 e. The minimum atomic E-state index is -0.507. The van der Waals surface area contributed by atoms with Gasteiger partial charge in [-0.2, -0.15) is 5.26 Å². The highest BCUT2D eigenvalue weighted by molar-refractivity contribution is 5.89. The summed E-state index contributed by atoms with van der Waals surface area (Å²) in [5.41, 5.74) is 0.340. The number of nitrogens with zero attached hydrogens (tertiary/aromatic N) is 5. The topological polar surface area (TPSA) is 116 Å². The van der Waals surface area contributed by atoms with Gasteiger partial charge in [-0.1, -0.05) is 6.42 Å². The second-order valence-electron chi connectivity index (χ2n) is 6.09. The van der Waals surface area contributed by atoms with Gasteiger partial charge in [0.1, 0.15) is 11.9 Å². The van der Waals surface area contributed by atoms with Crippen LogP contribution >= 0.6 is 0 Å². The zero-order valence-corrected chi connectivity index (χ0v) is 13.8. The lowest BCUT2D eigenvalue weighted by Gasteiger charge is -2.06. The Kier molecular flexibility index (Phi) is 4.01. The van der Waals surface area contributed by atoms with E-state index in [1.165, 1.54) is 18.2 Å². The van der Waals surface area contributed by atoms with Crippen LogP contribution in [0.1, 0.15) is 36.5 Å². The monoisotopic (exact) mass is 353 g/mol. The van der Waals surface area contributed by atoms with E-state index in [9.17, 15) is 15.4 Å². The van der Waals surface area contributed by atoms with Crippen molar-refractivity contribution in [2.75, 3.05) is 6.79 Å². The zero-order chi connectivity index (χ0) is 18.1. The number of hydrogen-bond acceptors (Lipinski definition) is 7. The summed E-state index contributed by atoms with van der Waals surface area (Å²) >= 11 is 0. The summed E-state index contributed by atoms with van der Waals surface area (Å²) in [6.45, 7) is 0.752. The molecule has 0 spiro atoms. The number of benzene rings is 1. The number of ether oxygens (including phenoxy) is 2. The van der Waals surface area contributed by atoms with Crippen LogP contribution in [0.25, 0.3) is 11.6 Å². The van der Waals surface area contributed by atoms with Crippen molar-refractivity contribution in [3.05, 3.63) is 39.5 Å². The fraction of sp³-hybridized carbons (Fsp3) is 0.353. The fourth-order valence-electron chi connectivity index (χ4n) is 3.21. The second kappa shape index (κ2) is 6.48. The molecule has 0 saturated heterocycles. The van der Waals surface area contributed by atoms with Crippen LogP contribution in [0.5, 0.6) is 11.5 Å². The summed E-state index contributed by atoms with van der Waals surface area (Å²) in [7, 11) is 0. The number of fused-ring (bicyclic) bond motifs is 2. The average molecular weight is 353 g/mol. The molecule has 9 nitrogen and oxygen atoms in total. The first-order chi connectivity index (χ1) is 12.7. The third-order valence-electron chi connectivity index (χ3n) is 4.49. The van der Waals surface area contributed by atoms with E-state index in [1.54, 1.807) is 0 Å². The van der Waals surface area contributed by atoms with Crippen LogP contribution in [0.15, 0.2) is 12.1 Å². The molecule has 2 aliphatic rings. The Bertz CT molecular complexity index is 957. The molecule has 0 N–H and O–H groups in total. The van der Waals surface area contributed by atoms with Gasteiger partial charge in [0, 0.05) is 13.0 Å². The Morgan fingerprint density at radius 3 is 2.85 bits per heavy atom. The largest absolute Gasteiger partial charge is 0.454 e. The molecule has 0 atom stereocenters. The molecule has 4 rings (SSSR count). The fourth-order valence-corrected chi connectivity index (χ4v) is 3.21. The Morgan fingerprint density at radius 1 is 1.27 bits per heavy atom. The maximum atomic E-state index is 11.4. The average Bonchev–Trinajstić information content (AvgIpc) is 3.18. The number of nitro benzene ring substituents is 1. The van der Waals surface area contributed by atoms with Crippen LogP contribution in [0.4, 0.5) is 5.69 Å². The number of rotatable bonds is 3. The van der Waals surface area contributed by atoms with Crippen LogP contribution in [0.3, 0.4) is 0 Å². The molecular formula is C17H15N5O4. The number of allylic oxidation sites excluding steroid dienone is 1. The molecule has 0 unspecified atom stereocenters. The smallest absolute Gasteiger partial charge is 0.280 e. The summed E-state index contributed by atoms with van der Waals surface area (Å²) in [6.07, 6.45) is 5.40. The van der Waals surface area contributed by atoms with E-state index in [0.717, 1.165) is 38.1 Å². The quantitative estimate of drug-likeness (QED) is 0.473. The summed E-state index contributed by atoms with van der Waals surface area (Å²) in [6, 6.07) is 4.92. The molecule has 0 saturated carbocycles. The molecule has 0 fully saturated rings. The Hall–Kier alpha value is -3.41. The van der Waals surface area contributed by atoms with Gasteiger partial charge in [0.15, 0.2) is 17.3 Å². The van der Waals surface area contributed by atoms with E-state index in [1.807, 2.05) is 4.57 Å². The summed E-state index contributed by atoms with van der Waals surface area (Å²) < 4.78 is 12.4. The lowest BCUT2D eigenvalue weighted by molar-refractivity contribution is -0.385. The highest BCUT2D eigenvalue weighted by atomic mass is 16.7. The molecule has 132 valence electrons. The summed E-state index contributed by atoms with van der Waals surface area (Å²) in [5, 5.41) is 29.4. The van der Waals surface area contributed by atoms with Crippen LogP contribution in [-0.4, -0.2) is 26.5 Å². The molecule has 2 aliphatic heterocycles. The molecule has 1 aromatic heterocycles. The highest BCUT2D eigenvalue weighted by Gasteiger charge is 2.24. The number of nitriles is 1. The van der Waals surface area contributed by atoms with Crippen LogP contribution in [0, 0.1) is 21.4 Å². The zero-order valence-electron chi connectivity index (χ0n) is 13.8.